The molecule has 0 fully saturated rings. The predicted octanol–water partition coefficient (Wildman–Crippen LogP) is -2.08. The Kier molecular flexibility index (Phi) is 8.43. The number of amides is 4. The SMILES string of the molecule is CC(=O)N(C)CC(=O)N(C)CC(=O)N(C)CC(=O)N(C)CC(=O)O. The van der Waals surface area contributed by atoms with Crippen molar-refractivity contribution in [2.75, 3.05) is 54.4 Å². The van der Waals surface area contributed by atoms with E-state index >= 15 is 0 Å². The lowest BCUT2D eigenvalue weighted by atomic mass is 10.4. The van der Waals surface area contributed by atoms with Crippen LogP contribution in [0.2, 0.25) is 0 Å². The molecular weight excluding hydrogens is 320 g/mol. The molecule has 1 N–H and O–H groups in total. The quantitative estimate of drug-likeness (QED) is 0.540. The van der Waals surface area contributed by atoms with Crippen molar-refractivity contribution in [1.82, 2.24) is 19.6 Å². The molecular formula is C14H24N4O6. The van der Waals surface area contributed by atoms with Crippen LogP contribution in [0.15, 0.2) is 0 Å². The van der Waals surface area contributed by atoms with Gasteiger partial charge in [-0.15, -0.1) is 0 Å². The summed E-state index contributed by atoms with van der Waals surface area (Å²) >= 11 is 0. The highest BCUT2D eigenvalue weighted by Crippen LogP contribution is 1.95. The largest absolute Gasteiger partial charge is 0.480 e. The average Bonchev–Trinajstić information content (AvgIpc) is 2.45. The second-order valence-electron chi connectivity index (χ2n) is 5.52. The van der Waals surface area contributed by atoms with Crippen molar-refractivity contribution in [3.05, 3.63) is 0 Å². The number of aliphatic carboxylic acids is 1. The van der Waals surface area contributed by atoms with Gasteiger partial charge in [-0.1, -0.05) is 0 Å². The number of carbonyl (C=O) groups excluding carboxylic acids is 4. The van der Waals surface area contributed by atoms with E-state index in [0.29, 0.717) is 0 Å². The summed E-state index contributed by atoms with van der Waals surface area (Å²) in [4.78, 5) is 61.8. The zero-order valence-corrected chi connectivity index (χ0v) is 14.6. The highest BCUT2D eigenvalue weighted by molar-refractivity contribution is 5.90. The van der Waals surface area contributed by atoms with Crippen LogP contribution >= 0.6 is 0 Å². The Morgan fingerprint density at radius 3 is 1.21 bits per heavy atom. The fourth-order valence-electron chi connectivity index (χ4n) is 1.55. The summed E-state index contributed by atoms with van der Waals surface area (Å²) in [5.74, 6) is -2.84. The third-order valence-corrected chi connectivity index (χ3v) is 3.30. The minimum Gasteiger partial charge on any atom is -0.480 e. The van der Waals surface area contributed by atoms with Gasteiger partial charge >= 0.3 is 5.97 Å². The summed E-state index contributed by atoms with van der Waals surface area (Å²) < 4.78 is 0. The molecule has 0 aromatic heterocycles. The molecule has 4 amide bonds. The lowest BCUT2D eigenvalue weighted by molar-refractivity contribution is -0.146. The number of hydrogen-bond donors (Lipinski definition) is 1. The molecule has 10 heteroatoms. The second kappa shape index (κ2) is 9.48. The maximum atomic E-state index is 12.0. The van der Waals surface area contributed by atoms with Crippen LogP contribution in [0.5, 0.6) is 0 Å². The summed E-state index contributed by atoms with van der Waals surface area (Å²) in [7, 11) is 5.59. The van der Waals surface area contributed by atoms with Crippen molar-refractivity contribution in [3.63, 3.8) is 0 Å². The Morgan fingerprint density at radius 1 is 0.625 bits per heavy atom. The monoisotopic (exact) mass is 344 g/mol. The number of likely N-dealkylation sites (N-methyl/N-ethyl adjacent to an activating group) is 4. The Bertz CT molecular complexity index is 521. The minimum absolute atomic E-state index is 0.150. The molecule has 0 unspecified atom stereocenters. The smallest absolute Gasteiger partial charge is 0.323 e. The predicted molar refractivity (Wildman–Crippen MR) is 83.9 cm³/mol. The van der Waals surface area contributed by atoms with Gasteiger partial charge in [-0.2, -0.15) is 0 Å². The van der Waals surface area contributed by atoms with Crippen molar-refractivity contribution in [3.8, 4) is 0 Å². The molecule has 0 aliphatic heterocycles. The summed E-state index contributed by atoms with van der Waals surface area (Å²) in [6, 6.07) is 0. The van der Waals surface area contributed by atoms with E-state index in [4.69, 9.17) is 5.11 Å². The molecule has 10 nitrogen and oxygen atoms in total. The van der Waals surface area contributed by atoms with Crippen LogP contribution in [0.25, 0.3) is 0 Å². The molecule has 24 heavy (non-hydrogen) atoms. The van der Waals surface area contributed by atoms with Crippen molar-refractivity contribution in [2.45, 2.75) is 6.92 Å². The molecule has 0 saturated carbocycles. The van der Waals surface area contributed by atoms with E-state index in [1.165, 1.54) is 40.0 Å². The van der Waals surface area contributed by atoms with Crippen LogP contribution in [0.4, 0.5) is 0 Å². The van der Waals surface area contributed by atoms with Gasteiger partial charge in [0.2, 0.25) is 23.6 Å². The maximum absolute atomic E-state index is 12.0. The first-order chi connectivity index (χ1) is 11.0. The molecule has 0 radical (unpaired) electrons. The first-order valence-electron chi connectivity index (χ1n) is 7.11. The number of nitrogens with zero attached hydrogens (tertiary/aromatic N) is 4. The van der Waals surface area contributed by atoms with E-state index in [9.17, 15) is 24.0 Å². The van der Waals surface area contributed by atoms with Gasteiger partial charge in [-0.05, 0) is 0 Å². The van der Waals surface area contributed by atoms with Gasteiger partial charge in [0, 0.05) is 35.1 Å². The van der Waals surface area contributed by atoms with Gasteiger partial charge in [-0.25, -0.2) is 0 Å². The molecule has 0 aromatic rings. The summed E-state index contributed by atoms with van der Waals surface area (Å²) in [5.41, 5.74) is 0. The van der Waals surface area contributed by atoms with Crippen LogP contribution < -0.4 is 0 Å². The molecule has 0 aromatic carbocycles. The zero-order chi connectivity index (χ0) is 19.0. The third-order valence-electron chi connectivity index (χ3n) is 3.30. The summed E-state index contributed by atoms with van der Waals surface area (Å²) in [6.07, 6.45) is 0. The lowest BCUT2D eigenvalue weighted by Crippen LogP contribution is -2.46. The van der Waals surface area contributed by atoms with Gasteiger partial charge in [0.05, 0.1) is 19.6 Å². The van der Waals surface area contributed by atoms with Crippen molar-refractivity contribution < 1.29 is 29.1 Å². The van der Waals surface area contributed by atoms with Crippen LogP contribution in [0.3, 0.4) is 0 Å². The van der Waals surface area contributed by atoms with E-state index in [0.717, 1.165) is 14.7 Å². The van der Waals surface area contributed by atoms with Crippen LogP contribution in [0.1, 0.15) is 6.92 Å². The fourth-order valence-corrected chi connectivity index (χ4v) is 1.55. The molecule has 136 valence electrons. The van der Waals surface area contributed by atoms with Gasteiger partial charge < -0.3 is 24.7 Å². The maximum Gasteiger partial charge on any atom is 0.323 e. The Labute approximate surface area is 140 Å². The average molecular weight is 344 g/mol. The summed E-state index contributed by atoms with van der Waals surface area (Å²) in [5, 5.41) is 8.62. The molecule has 0 rings (SSSR count). The van der Waals surface area contributed by atoms with Gasteiger partial charge in [-0.3, -0.25) is 24.0 Å². The molecule has 0 saturated heterocycles. The summed E-state index contributed by atoms with van der Waals surface area (Å²) in [6.45, 7) is 0.167. The second-order valence-corrected chi connectivity index (χ2v) is 5.52. The molecule has 0 bridgehead atoms. The van der Waals surface area contributed by atoms with E-state index in [-0.39, 0.29) is 25.5 Å². The number of carbonyl (C=O) groups is 5. The molecule has 0 heterocycles. The normalized spacial score (nSPS) is 9.88. The van der Waals surface area contributed by atoms with Crippen molar-refractivity contribution >= 4 is 29.6 Å². The van der Waals surface area contributed by atoms with Crippen molar-refractivity contribution in [2.24, 2.45) is 0 Å². The molecule has 0 atom stereocenters. The number of carboxylic acids is 1. The Balaban J connectivity index is 4.48. The standard InChI is InChI=1S/C14H24N4O6/c1-10(19)15(2)6-11(20)16(3)7-12(21)17(4)8-13(22)18(5)9-14(23)24/h6-9H2,1-5H3,(H,23,24). The molecule has 0 aliphatic carbocycles. The van der Waals surface area contributed by atoms with Crippen LogP contribution in [-0.4, -0.2) is 109 Å². The van der Waals surface area contributed by atoms with Gasteiger partial charge in [0.15, 0.2) is 0 Å². The van der Waals surface area contributed by atoms with E-state index in [2.05, 4.69) is 0 Å². The Morgan fingerprint density at radius 2 is 0.917 bits per heavy atom. The highest BCUT2D eigenvalue weighted by atomic mass is 16.4. The third kappa shape index (κ3) is 7.56. The molecule has 0 aliphatic rings. The number of rotatable bonds is 8. The van der Waals surface area contributed by atoms with Crippen LogP contribution in [-0.2, 0) is 24.0 Å². The van der Waals surface area contributed by atoms with Crippen LogP contribution in [0, 0.1) is 0 Å². The number of carboxylic acid groups (broad SMARTS) is 1. The van der Waals surface area contributed by atoms with Gasteiger partial charge in [0.1, 0.15) is 6.54 Å². The molecule has 0 spiro atoms. The fraction of sp³-hybridized carbons (Fsp3) is 0.643. The number of hydrogen-bond acceptors (Lipinski definition) is 5. The van der Waals surface area contributed by atoms with E-state index in [1.807, 2.05) is 0 Å². The van der Waals surface area contributed by atoms with Gasteiger partial charge in [0.25, 0.3) is 0 Å². The topological polar surface area (TPSA) is 119 Å². The van der Waals surface area contributed by atoms with Crippen molar-refractivity contribution in [1.29, 1.82) is 0 Å². The first-order valence-corrected chi connectivity index (χ1v) is 7.11. The first kappa shape index (κ1) is 21.4. The Hall–Kier alpha value is -2.65. The zero-order valence-electron chi connectivity index (χ0n) is 14.6. The van der Waals surface area contributed by atoms with E-state index < -0.39 is 30.2 Å². The minimum atomic E-state index is -1.15. The van der Waals surface area contributed by atoms with E-state index in [1.54, 1.807) is 0 Å². The highest BCUT2D eigenvalue weighted by Gasteiger charge is 2.21. The lowest BCUT2D eigenvalue weighted by Gasteiger charge is -2.24.